The standard InChI is InChI=1S/C20H21N3O2/c1-4-16-19(14-9-11-15(25-3)12-10-14)20(21-13(2)24)23-18-8-6-5-7-17(18)22-16/h5-12,19H,4H2,1-3H3,(H,21,23,24)/t19-/m0/s1. The van der Waals surface area contributed by atoms with Crippen LogP contribution in [0, 0.1) is 0 Å². The van der Waals surface area contributed by atoms with Crippen molar-refractivity contribution in [3.05, 3.63) is 54.1 Å². The minimum Gasteiger partial charge on any atom is -0.497 e. The molecule has 1 atom stereocenters. The number of rotatable bonds is 3. The lowest BCUT2D eigenvalue weighted by Crippen LogP contribution is -2.36. The molecule has 0 fully saturated rings. The first-order valence-corrected chi connectivity index (χ1v) is 8.29. The third-order valence-corrected chi connectivity index (χ3v) is 4.11. The summed E-state index contributed by atoms with van der Waals surface area (Å²) in [5, 5.41) is 2.90. The highest BCUT2D eigenvalue weighted by Crippen LogP contribution is 2.35. The third-order valence-electron chi connectivity index (χ3n) is 4.11. The van der Waals surface area contributed by atoms with E-state index in [0.29, 0.717) is 5.84 Å². The van der Waals surface area contributed by atoms with Crippen molar-refractivity contribution in [2.45, 2.75) is 26.2 Å². The molecule has 0 radical (unpaired) electrons. The Morgan fingerprint density at radius 1 is 1.08 bits per heavy atom. The van der Waals surface area contributed by atoms with Gasteiger partial charge in [-0.2, -0.15) is 0 Å². The Labute approximate surface area is 147 Å². The van der Waals surface area contributed by atoms with Crippen molar-refractivity contribution in [2.75, 3.05) is 7.11 Å². The molecule has 2 aromatic rings. The second kappa shape index (κ2) is 7.30. The second-order valence-corrected chi connectivity index (χ2v) is 5.83. The minimum absolute atomic E-state index is 0.146. The number of nitrogens with one attached hydrogen (secondary N) is 1. The summed E-state index contributed by atoms with van der Waals surface area (Å²) in [5.74, 6) is 1.04. The van der Waals surface area contributed by atoms with Crippen molar-refractivity contribution < 1.29 is 9.53 Å². The van der Waals surface area contributed by atoms with E-state index in [1.165, 1.54) is 6.92 Å². The zero-order chi connectivity index (χ0) is 17.8. The molecular weight excluding hydrogens is 314 g/mol. The molecule has 0 bridgehead atoms. The number of hydrogen-bond donors (Lipinski definition) is 1. The first-order valence-electron chi connectivity index (χ1n) is 8.29. The van der Waals surface area contributed by atoms with Crippen molar-refractivity contribution in [3.63, 3.8) is 0 Å². The van der Waals surface area contributed by atoms with Crippen LogP contribution in [-0.2, 0) is 4.79 Å². The number of aliphatic imine (C=N–C) groups is 2. The molecule has 0 saturated heterocycles. The fourth-order valence-corrected chi connectivity index (χ4v) is 2.93. The van der Waals surface area contributed by atoms with Crippen molar-refractivity contribution in [3.8, 4) is 5.75 Å². The lowest BCUT2D eigenvalue weighted by Gasteiger charge is -2.20. The van der Waals surface area contributed by atoms with E-state index in [1.54, 1.807) is 7.11 Å². The molecular formula is C20H21N3O2. The Bertz CT molecular complexity index is 838. The summed E-state index contributed by atoms with van der Waals surface area (Å²) in [6.07, 6.45) is 0.754. The highest BCUT2D eigenvalue weighted by molar-refractivity contribution is 6.17. The van der Waals surface area contributed by atoms with E-state index in [9.17, 15) is 4.79 Å². The predicted octanol–water partition coefficient (Wildman–Crippen LogP) is 4.14. The van der Waals surface area contributed by atoms with Crippen LogP contribution in [-0.4, -0.2) is 24.6 Å². The first kappa shape index (κ1) is 16.9. The fraction of sp³-hybridized carbons (Fsp3) is 0.250. The van der Waals surface area contributed by atoms with Gasteiger partial charge >= 0.3 is 0 Å². The largest absolute Gasteiger partial charge is 0.497 e. The van der Waals surface area contributed by atoms with Gasteiger partial charge in [-0.25, -0.2) is 4.99 Å². The number of nitrogens with zero attached hydrogens (tertiary/aromatic N) is 2. The number of ether oxygens (including phenoxy) is 1. The van der Waals surface area contributed by atoms with Gasteiger partial charge in [0.15, 0.2) is 0 Å². The maximum absolute atomic E-state index is 11.8. The van der Waals surface area contributed by atoms with Crippen LogP contribution in [0.15, 0.2) is 58.5 Å². The van der Waals surface area contributed by atoms with Crippen molar-refractivity contribution in [1.29, 1.82) is 0 Å². The number of methoxy groups -OCH3 is 1. The number of amidine groups is 1. The van der Waals surface area contributed by atoms with Gasteiger partial charge in [0.05, 0.1) is 24.4 Å². The maximum Gasteiger partial charge on any atom is 0.222 e. The number of para-hydroxylation sites is 2. The predicted molar refractivity (Wildman–Crippen MR) is 100 cm³/mol. The number of carbonyl (C=O) groups excluding carboxylic acids is 1. The van der Waals surface area contributed by atoms with Crippen LogP contribution >= 0.6 is 0 Å². The number of amides is 1. The molecule has 3 rings (SSSR count). The van der Waals surface area contributed by atoms with Gasteiger partial charge in [-0.05, 0) is 36.2 Å². The first-order chi connectivity index (χ1) is 12.1. The zero-order valence-electron chi connectivity index (χ0n) is 14.6. The molecule has 0 saturated carbocycles. The van der Waals surface area contributed by atoms with Gasteiger partial charge in [0.25, 0.3) is 0 Å². The molecule has 1 amide bonds. The van der Waals surface area contributed by atoms with Crippen molar-refractivity contribution in [1.82, 2.24) is 5.32 Å². The smallest absolute Gasteiger partial charge is 0.222 e. The van der Waals surface area contributed by atoms with Crippen LogP contribution in [0.4, 0.5) is 11.4 Å². The van der Waals surface area contributed by atoms with Crippen LogP contribution in [0.1, 0.15) is 31.7 Å². The number of fused-ring (bicyclic) bond motifs is 1. The zero-order valence-corrected chi connectivity index (χ0v) is 14.6. The van der Waals surface area contributed by atoms with Gasteiger partial charge in [0, 0.05) is 12.6 Å². The Balaban J connectivity index is 2.16. The summed E-state index contributed by atoms with van der Waals surface area (Å²) < 4.78 is 5.25. The molecule has 1 aliphatic rings. The number of benzene rings is 2. The van der Waals surface area contributed by atoms with Crippen LogP contribution in [0.25, 0.3) is 0 Å². The molecule has 128 valence electrons. The SMILES string of the molecule is CCC1=Nc2ccccc2N=C(NC(C)=O)[C@H]1c1ccc(OC)cc1. The topological polar surface area (TPSA) is 63.0 Å². The summed E-state index contributed by atoms with van der Waals surface area (Å²) in [4.78, 5) is 21.3. The number of carbonyl (C=O) groups is 1. The summed E-state index contributed by atoms with van der Waals surface area (Å²) in [7, 11) is 1.64. The van der Waals surface area contributed by atoms with E-state index in [0.717, 1.165) is 34.8 Å². The highest BCUT2D eigenvalue weighted by Gasteiger charge is 2.27. The van der Waals surface area contributed by atoms with Gasteiger partial charge in [0.2, 0.25) is 5.91 Å². The van der Waals surface area contributed by atoms with Crippen LogP contribution in [0.3, 0.4) is 0 Å². The lowest BCUT2D eigenvalue weighted by atomic mass is 9.91. The quantitative estimate of drug-likeness (QED) is 0.916. The van der Waals surface area contributed by atoms with E-state index in [2.05, 4.69) is 12.2 Å². The summed E-state index contributed by atoms with van der Waals surface area (Å²) >= 11 is 0. The van der Waals surface area contributed by atoms with E-state index in [4.69, 9.17) is 14.7 Å². The Morgan fingerprint density at radius 3 is 2.28 bits per heavy atom. The fourth-order valence-electron chi connectivity index (χ4n) is 2.93. The molecule has 0 aromatic heterocycles. The minimum atomic E-state index is -0.202. The molecule has 1 heterocycles. The molecule has 2 aromatic carbocycles. The monoisotopic (exact) mass is 335 g/mol. The maximum atomic E-state index is 11.8. The van der Waals surface area contributed by atoms with Crippen molar-refractivity contribution in [2.24, 2.45) is 9.98 Å². The molecule has 5 heteroatoms. The Morgan fingerprint density at radius 2 is 1.72 bits per heavy atom. The van der Waals surface area contributed by atoms with Crippen LogP contribution in [0.2, 0.25) is 0 Å². The average Bonchev–Trinajstić information content (AvgIpc) is 2.77. The van der Waals surface area contributed by atoms with Crippen molar-refractivity contribution >= 4 is 28.8 Å². The summed E-state index contributed by atoms with van der Waals surface area (Å²) in [6, 6.07) is 15.5. The highest BCUT2D eigenvalue weighted by atomic mass is 16.5. The molecule has 25 heavy (non-hydrogen) atoms. The molecule has 0 unspecified atom stereocenters. The Kier molecular flexibility index (Phi) is 4.93. The van der Waals surface area contributed by atoms with E-state index < -0.39 is 0 Å². The number of hydrogen-bond acceptors (Lipinski definition) is 4. The summed E-state index contributed by atoms with van der Waals surface area (Å²) in [5.41, 5.74) is 3.55. The van der Waals surface area contributed by atoms with Gasteiger partial charge < -0.3 is 10.1 Å². The second-order valence-electron chi connectivity index (χ2n) is 5.83. The van der Waals surface area contributed by atoms with Gasteiger partial charge in [0.1, 0.15) is 11.6 Å². The molecule has 5 nitrogen and oxygen atoms in total. The van der Waals surface area contributed by atoms with Gasteiger partial charge in [-0.15, -0.1) is 0 Å². The molecule has 0 aliphatic carbocycles. The lowest BCUT2D eigenvalue weighted by molar-refractivity contribution is -0.117. The van der Waals surface area contributed by atoms with E-state index in [-0.39, 0.29) is 11.8 Å². The normalized spacial score (nSPS) is 16.2. The third kappa shape index (κ3) is 3.60. The van der Waals surface area contributed by atoms with E-state index >= 15 is 0 Å². The van der Waals surface area contributed by atoms with E-state index in [1.807, 2.05) is 48.5 Å². The Hall–Kier alpha value is -2.95. The molecule has 1 N–H and O–H groups in total. The van der Waals surface area contributed by atoms with Crippen LogP contribution in [0.5, 0.6) is 5.75 Å². The average molecular weight is 335 g/mol. The summed E-state index contributed by atoms with van der Waals surface area (Å²) in [6.45, 7) is 3.56. The van der Waals surface area contributed by atoms with Gasteiger partial charge in [-0.1, -0.05) is 31.2 Å². The van der Waals surface area contributed by atoms with Crippen LogP contribution < -0.4 is 10.1 Å². The van der Waals surface area contributed by atoms with Gasteiger partial charge in [-0.3, -0.25) is 9.79 Å². The molecule has 1 aliphatic heterocycles. The molecule has 0 spiro atoms.